The second-order valence-electron chi connectivity index (χ2n) is 3.31. The first-order valence-corrected chi connectivity index (χ1v) is 5.72. The lowest BCUT2D eigenvalue weighted by Crippen LogP contribution is -2.24. The van der Waals surface area contributed by atoms with Gasteiger partial charge in [0.2, 0.25) is 0 Å². The van der Waals surface area contributed by atoms with Gasteiger partial charge < -0.3 is 10.6 Å². The first-order chi connectivity index (χ1) is 7.60. The molecule has 0 amide bonds. The van der Waals surface area contributed by atoms with Crippen LogP contribution in [0, 0.1) is 11.3 Å². The van der Waals surface area contributed by atoms with Crippen molar-refractivity contribution in [2.75, 3.05) is 23.7 Å². The van der Waals surface area contributed by atoms with Crippen LogP contribution in [0.15, 0.2) is 12.1 Å². The van der Waals surface area contributed by atoms with Crippen molar-refractivity contribution >= 4 is 34.6 Å². The van der Waals surface area contributed by atoms with Crippen molar-refractivity contribution in [1.82, 2.24) is 0 Å². The average molecular weight is 258 g/mol. The standard InChI is InChI=1S/C11H13Cl2N3/c1-2-16(5-3-4-14)11-7-9(13)8(12)6-10(11)15/h6-7H,2-3,5,15H2,1H3. The van der Waals surface area contributed by atoms with Crippen LogP contribution in [0.25, 0.3) is 0 Å². The van der Waals surface area contributed by atoms with Crippen LogP contribution in [0.4, 0.5) is 11.4 Å². The Balaban J connectivity index is 3.01. The molecule has 3 nitrogen and oxygen atoms in total. The molecule has 0 spiro atoms. The number of halogens is 2. The Morgan fingerprint density at radius 1 is 1.38 bits per heavy atom. The van der Waals surface area contributed by atoms with Gasteiger partial charge in [-0.25, -0.2) is 0 Å². The molecule has 16 heavy (non-hydrogen) atoms. The molecule has 0 bridgehead atoms. The van der Waals surface area contributed by atoms with Gasteiger partial charge in [-0.1, -0.05) is 23.2 Å². The third-order valence-electron chi connectivity index (χ3n) is 2.29. The maximum atomic E-state index is 8.57. The van der Waals surface area contributed by atoms with E-state index in [-0.39, 0.29) is 0 Å². The number of hydrogen-bond donors (Lipinski definition) is 1. The summed E-state index contributed by atoms with van der Waals surface area (Å²) in [6, 6.07) is 5.48. The molecule has 0 saturated heterocycles. The summed E-state index contributed by atoms with van der Waals surface area (Å²) in [6.07, 6.45) is 0.452. The molecule has 0 aromatic heterocycles. The third kappa shape index (κ3) is 2.94. The molecule has 0 saturated carbocycles. The van der Waals surface area contributed by atoms with Gasteiger partial charge in [0.1, 0.15) is 0 Å². The summed E-state index contributed by atoms with van der Waals surface area (Å²) in [5.74, 6) is 0. The molecule has 0 aliphatic rings. The van der Waals surface area contributed by atoms with Gasteiger partial charge in [-0.05, 0) is 19.1 Å². The Kier molecular flexibility index (Phi) is 4.72. The van der Waals surface area contributed by atoms with Gasteiger partial charge in [-0.3, -0.25) is 0 Å². The molecule has 0 unspecified atom stereocenters. The maximum Gasteiger partial charge on any atom is 0.0640 e. The van der Waals surface area contributed by atoms with E-state index in [1.54, 1.807) is 12.1 Å². The van der Waals surface area contributed by atoms with E-state index in [1.807, 2.05) is 11.8 Å². The summed E-state index contributed by atoms with van der Waals surface area (Å²) in [4.78, 5) is 2.00. The van der Waals surface area contributed by atoms with Gasteiger partial charge in [0.15, 0.2) is 0 Å². The molecule has 0 aliphatic heterocycles. The first kappa shape index (κ1) is 13.0. The van der Waals surface area contributed by atoms with Crippen molar-refractivity contribution in [1.29, 1.82) is 5.26 Å². The van der Waals surface area contributed by atoms with E-state index < -0.39 is 0 Å². The Hall–Kier alpha value is -1.11. The predicted octanol–water partition coefficient (Wildman–Crippen LogP) is 3.32. The summed E-state index contributed by atoms with van der Waals surface area (Å²) in [6.45, 7) is 3.40. The number of nitrogens with zero attached hydrogens (tertiary/aromatic N) is 2. The Labute approximate surface area is 105 Å². The van der Waals surface area contributed by atoms with Crippen LogP contribution in [0.5, 0.6) is 0 Å². The van der Waals surface area contributed by atoms with Crippen molar-refractivity contribution in [3.63, 3.8) is 0 Å². The van der Waals surface area contributed by atoms with Crippen LogP contribution in [-0.2, 0) is 0 Å². The smallest absolute Gasteiger partial charge is 0.0640 e. The first-order valence-electron chi connectivity index (χ1n) is 4.96. The zero-order valence-electron chi connectivity index (χ0n) is 9.00. The van der Waals surface area contributed by atoms with Crippen molar-refractivity contribution < 1.29 is 0 Å². The van der Waals surface area contributed by atoms with Crippen molar-refractivity contribution in [2.45, 2.75) is 13.3 Å². The zero-order chi connectivity index (χ0) is 12.1. The van der Waals surface area contributed by atoms with Crippen LogP contribution in [0.2, 0.25) is 10.0 Å². The highest BCUT2D eigenvalue weighted by atomic mass is 35.5. The van der Waals surface area contributed by atoms with Crippen LogP contribution < -0.4 is 10.6 Å². The SMILES string of the molecule is CCN(CCC#N)c1cc(Cl)c(Cl)cc1N. The minimum absolute atomic E-state index is 0.444. The quantitative estimate of drug-likeness (QED) is 0.843. The van der Waals surface area contributed by atoms with Crippen molar-refractivity contribution in [2.24, 2.45) is 0 Å². The minimum atomic E-state index is 0.444. The molecule has 1 aromatic carbocycles. The number of rotatable bonds is 4. The molecule has 2 N–H and O–H groups in total. The van der Waals surface area contributed by atoms with E-state index in [0.717, 1.165) is 12.2 Å². The van der Waals surface area contributed by atoms with Gasteiger partial charge in [0, 0.05) is 13.1 Å². The van der Waals surface area contributed by atoms with Gasteiger partial charge in [-0.15, -0.1) is 0 Å². The average Bonchev–Trinajstić information content (AvgIpc) is 2.26. The normalized spacial score (nSPS) is 9.88. The lowest BCUT2D eigenvalue weighted by Gasteiger charge is -2.24. The summed E-state index contributed by atoms with van der Waals surface area (Å²) in [7, 11) is 0. The Morgan fingerprint density at radius 2 is 2.00 bits per heavy atom. The summed E-state index contributed by atoms with van der Waals surface area (Å²) in [5, 5.41) is 9.49. The van der Waals surface area contributed by atoms with E-state index in [0.29, 0.717) is 28.7 Å². The van der Waals surface area contributed by atoms with Crippen LogP contribution in [-0.4, -0.2) is 13.1 Å². The number of nitrogens with two attached hydrogens (primary N) is 1. The summed E-state index contributed by atoms with van der Waals surface area (Å²) < 4.78 is 0. The molecular weight excluding hydrogens is 245 g/mol. The fourth-order valence-electron chi connectivity index (χ4n) is 1.46. The molecule has 0 atom stereocenters. The van der Waals surface area contributed by atoms with E-state index in [2.05, 4.69) is 6.07 Å². The molecule has 0 heterocycles. The van der Waals surface area contributed by atoms with E-state index in [1.165, 1.54) is 0 Å². The fraction of sp³-hybridized carbons (Fsp3) is 0.364. The molecular formula is C11H13Cl2N3. The van der Waals surface area contributed by atoms with Gasteiger partial charge in [-0.2, -0.15) is 5.26 Å². The summed E-state index contributed by atoms with van der Waals surface area (Å²) in [5.41, 5.74) is 7.27. The Morgan fingerprint density at radius 3 is 2.56 bits per heavy atom. The van der Waals surface area contributed by atoms with Crippen LogP contribution >= 0.6 is 23.2 Å². The largest absolute Gasteiger partial charge is 0.397 e. The monoisotopic (exact) mass is 257 g/mol. The highest BCUT2D eigenvalue weighted by Crippen LogP contribution is 2.33. The molecule has 5 heteroatoms. The van der Waals surface area contributed by atoms with E-state index >= 15 is 0 Å². The lowest BCUT2D eigenvalue weighted by molar-refractivity contribution is 0.828. The number of hydrogen-bond acceptors (Lipinski definition) is 3. The highest BCUT2D eigenvalue weighted by molar-refractivity contribution is 6.42. The zero-order valence-corrected chi connectivity index (χ0v) is 10.5. The number of benzene rings is 1. The van der Waals surface area contributed by atoms with Crippen LogP contribution in [0.1, 0.15) is 13.3 Å². The van der Waals surface area contributed by atoms with Gasteiger partial charge >= 0.3 is 0 Å². The maximum absolute atomic E-state index is 8.57. The molecule has 0 aliphatic carbocycles. The highest BCUT2D eigenvalue weighted by Gasteiger charge is 2.10. The van der Waals surface area contributed by atoms with Crippen molar-refractivity contribution in [3.05, 3.63) is 22.2 Å². The number of anilines is 2. The van der Waals surface area contributed by atoms with Crippen LogP contribution in [0.3, 0.4) is 0 Å². The van der Waals surface area contributed by atoms with Gasteiger partial charge in [0.25, 0.3) is 0 Å². The molecule has 1 aromatic rings. The fourth-order valence-corrected chi connectivity index (χ4v) is 1.79. The van der Waals surface area contributed by atoms with Gasteiger partial charge in [0.05, 0.1) is 33.9 Å². The Bertz CT molecular complexity index is 412. The predicted molar refractivity (Wildman–Crippen MR) is 69.0 cm³/mol. The molecule has 0 fully saturated rings. The number of nitriles is 1. The second kappa shape index (κ2) is 5.83. The molecule has 1 rings (SSSR count). The minimum Gasteiger partial charge on any atom is -0.397 e. The summed E-state index contributed by atoms with van der Waals surface area (Å²) >= 11 is 11.8. The van der Waals surface area contributed by atoms with Crippen molar-refractivity contribution in [3.8, 4) is 6.07 Å². The second-order valence-corrected chi connectivity index (χ2v) is 4.13. The third-order valence-corrected chi connectivity index (χ3v) is 3.01. The van der Waals surface area contributed by atoms with E-state index in [9.17, 15) is 0 Å². The van der Waals surface area contributed by atoms with E-state index in [4.69, 9.17) is 34.2 Å². The molecule has 86 valence electrons. The molecule has 0 radical (unpaired) electrons. The lowest BCUT2D eigenvalue weighted by atomic mass is 10.2. The topological polar surface area (TPSA) is 53.0 Å². The number of nitrogen functional groups attached to an aromatic ring is 1.